The summed E-state index contributed by atoms with van der Waals surface area (Å²) in [5.74, 6) is -0.389. The molecule has 0 saturated heterocycles. The van der Waals surface area contributed by atoms with E-state index in [9.17, 15) is 4.79 Å². The van der Waals surface area contributed by atoms with Crippen LogP contribution in [0.5, 0.6) is 0 Å². The molecule has 2 atom stereocenters. The molecule has 0 heterocycles. The van der Waals surface area contributed by atoms with Crippen LogP contribution in [0.1, 0.15) is 40.5 Å². The van der Waals surface area contributed by atoms with Crippen LogP contribution in [0.25, 0.3) is 0 Å². The summed E-state index contributed by atoms with van der Waals surface area (Å²) in [5.41, 5.74) is 0.399. The normalized spacial score (nSPS) is 14.6. The number of esters is 1. The highest BCUT2D eigenvalue weighted by molar-refractivity contribution is 5.86. The molecule has 0 radical (unpaired) electrons. The maximum atomic E-state index is 11.2. The van der Waals surface area contributed by atoms with Gasteiger partial charge < -0.3 is 9.47 Å². The van der Waals surface area contributed by atoms with E-state index in [0.717, 1.165) is 6.42 Å². The predicted molar refractivity (Wildman–Crippen MR) is 55.8 cm³/mol. The summed E-state index contributed by atoms with van der Waals surface area (Å²) in [5, 5.41) is 0. The fourth-order valence-electron chi connectivity index (χ4n) is 0.783. The monoisotopic (exact) mass is 200 g/mol. The molecule has 0 bridgehead atoms. The van der Waals surface area contributed by atoms with Crippen molar-refractivity contribution in [3.05, 3.63) is 12.2 Å². The van der Waals surface area contributed by atoms with E-state index in [1.807, 2.05) is 20.8 Å². The Kier molecular flexibility index (Phi) is 6.21. The second-order valence-electron chi connectivity index (χ2n) is 3.38. The first-order valence-electron chi connectivity index (χ1n) is 5.03. The number of carbonyl (C=O) groups excluding carboxylic acids is 1. The largest absolute Gasteiger partial charge is 0.432 e. The lowest BCUT2D eigenvalue weighted by Gasteiger charge is -2.20. The smallest absolute Gasteiger partial charge is 0.335 e. The second-order valence-corrected chi connectivity index (χ2v) is 3.38. The van der Waals surface area contributed by atoms with E-state index >= 15 is 0 Å². The lowest BCUT2D eigenvalue weighted by Crippen LogP contribution is -2.25. The highest BCUT2D eigenvalue weighted by Gasteiger charge is 2.15. The number of rotatable bonds is 6. The third-order valence-corrected chi connectivity index (χ3v) is 1.88. The van der Waals surface area contributed by atoms with E-state index in [4.69, 9.17) is 9.47 Å². The van der Waals surface area contributed by atoms with Gasteiger partial charge >= 0.3 is 5.97 Å². The van der Waals surface area contributed by atoms with Crippen LogP contribution in [0.15, 0.2) is 12.2 Å². The molecule has 0 aromatic rings. The zero-order valence-corrected chi connectivity index (χ0v) is 9.50. The average Bonchev–Trinajstić information content (AvgIpc) is 2.16. The Morgan fingerprint density at radius 2 is 1.93 bits per heavy atom. The molecule has 0 rings (SSSR count). The Morgan fingerprint density at radius 1 is 1.36 bits per heavy atom. The van der Waals surface area contributed by atoms with Gasteiger partial charge in [0.15, 0.2) is 0 Å². The van der Waals surface area contributed by atoms with Gasteiger partial charge in [0, 0.05) is 12.0 Å². The standard InChI is InChI=1S/C11H20O3/c1-6-9(5)13-10(7-2)14-11(12)8(3)4/h9-10H,3,6-7H2,1-2,4-5H3. The molecule has 0 fully saturated rings. The summed E-state index contributed by atoms with van der Waals surface area (Å²) in [6, 6.07) is 0. The third kappa shape index (κ3) is 5.02. The third-order valence-electron chi connectivity index (χ3n) is 1.88. The maximum Gasteiger partial charge on any atom is 0.335 e. The summed E-state index contributed by atoms with van der Waals surface area (Å²) in [4.78, 5) is 11.2. The first-order chi connectivity index (χ1) is 6.51. The van der Waals surface area contributed by atoms with Crippen LogP contribution < -0.4 is 0 Å². The van der Waals surface area contributed by atoms with E-state index in [1.165, 1.54) is 0 Å². The number of hydrogen-bond donors (Lipinski definition) is 0. The Hall–Kier alpha value is -0.830. The van der Waals surface area contributed by atoms with Crippen molar-refractivity contribution in [1.29, 1.82) is 0 Å². The maximum absolute atomic E-state index is 11.2. The van der Waals surface area contributed by atoms with Crippen molar-refractivity contribution in [3.8, 4) is 0 Å². The lowest BCUT2D eigenvalue weighted by molar-refractivity contribution is -0.184. The molecule has 2 unspecified atom stereocenters. The summed E-state index contributed by atoms with van der Waals surface area (Å²) >= 11 is 0. The van der Waals surface area contributed by atoms with Gasteiger partial charge in [-0.25, -0.2) is 4.79 Å². The van der Waals surface area contributed by atoms with Crippen LogP contribution in [0, 0.1) is 0 Å². The Balaban J connectivity index is 4.02. The zero-order chi connectivity index (χ0) is 11.1. The van der Waals surface area contributed by atoms with Crippen LogP contribution in [0.4, 0.5) is 0 Å². The molecule has 0 saturated carbocycles. The van der Waals surface area contributed by atoms with Crippen molar-refractivity contribution in [1.82, 2.24) is 0 Å². The van der Waals surface area contributed by atoms with E-state index < -0.39 is 6.29 Å². The van der Waals surface area contributed by atoms with Crippen molar-refractivity contribution in [2.45, 2.75) is 52.9 Å². The summed E-state index contributed by atoms with van der Waals surface area (Å²) in [6.07, 6.45) is 1.22. The van der Waals surface area contributed by atoms with Crippen molar-refractivity contribution >= 4 is 5.97 Å². The highest BCUT2D eigenvalue weighted by atomic mass is 16.7. The van der Waals surface area contributed by atoms with Gasteiger partial charge in [-0.2, -0.15) is 0 Å². The van der Waals surface area contributed by atoms with Crippen LogP contribution in [-0.4, -0.2) is 18.4 Å². The quantitative estimate of drug-likeness (QED) is 0.375. The molecule has 0 aromatic heterocycles. The van der Waals surface area contributed by atoms with Gasteiger partial charge in [-0.3, -0.25) is 0 Å². The molecule has 14 heavy (non-hydrogen) atoms. The number of ether oxygens (including phenoxy) is 2. The van der Waals surface area contributed by atoms with Crippen molar-refractivity contribution < 1.29 is 14.3 Å². The lowest BCUT2D eigenvalue weighted by atomic mass is 10.3. The SMILES string of the molecule is C=C(C)C(=O)OC(CC)OC(C)CC. The highest BCUT2D eigenvalue weighted by Crippen LogP contribution is 2.08. The molecule has 0 aliphatic rings. The van der Waals surface area contributed by atoms with Gasteiger partial charge in [0.1, 0.15) is 0 Å². The molecule has 0 aromatic carbocycles. The van der Waals surface area contributed by atoms with E-state index in [0.29, 0.717) is 12.0 Å². The molecule has 0 amide bonds. The Labute approximate surface area is 86.1 Å². The van der Waals surface area contributed by atoms with Crippen molar-refractivity contribution in [2.75, 3.05) is 0 Å². The first kappa shape index (κ1) is 13.2. The molecular weight excluding hydrogens is 180 g/mol. The minimum absolute atomic E-state index is 0.109. The fraction of sp³-hybridized carbons (Fsp3) is 0.727. The van der Waals surface area contributed by atoms with Crippen LogP contribution in [-0.2, 0) is 14.3 Å². The minimum Gasteiger partial charge on any atom is -0.432 e. The molecule has 82 valence electrons. The number of hydrogen-bond acceptors (Lipinski definition) is 3. The Bertz CT molecular complexity index is 199. The molecule has 0 aliphatic carbocycles. The fourth-order valence-corrected chi connectivity index (χ4v) is 0.783. The minimum atomic E-state index is -0.450. The summed E-state index contributed by atoms with van der Waals surface area (Å²) in [7, 11) is 0. The molecule has 0 spiro atoms. The molecule has 3 heteroatoms. The predicted octanol–water partition coefficient (Wildman–Crippen LogP) is 2.66. The number of carbonyl (C=O) groups is 1. The topological polar surface area (TPSA) is 35.5 Å². The van der Waals surface area contributed by atoms with Gasteiger partial charge in [-0.15, -0.1) is 0 Å². The van der Waals surface area contributed by atoms with Crippen LogP contribution >= 0.6 is 0 Å². The average molecular weight is 200 g/mol. The van der Waals surface area contributed by atoms with Crippen molar-refractivity contribution in [2.24, 2.45) is 0 Å². The van der Waals surface area contributed by atoms with Crippen molar-refractivity contribution in [3.63, 3.8) is 0 Å². The molecule has 0 aliphatic heterocycles. The zero-order valence-electron chi connectivity index (χ0n) is 9.50. The summed E-state index contributed by atoms with van der Waals surface area (Å²) in [6.45, 7) is 11.0. The molecule has 3 nitrogen and oxygen atoms in total. The second kappa shape index (κ2) is 6.60. The van der Waals surface area contributed by atoms with E-state index in [-0.39, 0.29) is 12.1 Å². The molecular formula is C11H20O3. The van der Waals surface area contributed by atoms with Gasteiger partial charge in [-0.05, 0) is 20.3 Å². The van der Waals surface area contributed by atoms with Gasteiger partial charge in [0.25, 0.3) is 0 Å². The first-order valence-corrected chi connectivity index (χ1v) is 5.03. The van der Waals surface area contributed by atoms with Crippen LogP contribution in [0.2, 0.25) is 0 Å². The van der Waals surface area contributed by atoms with Crippen LogP contribution in [0.3, 0.4) is 0 Å². The summed E-state index contributed by atoms with van der Waals surface area (Å²) < 4.78 is 10.6. The van der Waals surface area contributed by atoms with E-state index in [1.54, 1.807) is 6.92 Å². The van der Waals surface area contributed by atoms with Gasteiger partial charge in [0.2, 0.25) is 6.29 Å². The van der Waals surface area contributed by atoms with Gasteiger partial charge in [0.05, 0.1) is 6.10 Å². The van der Waals surface area contributed by atoms with E-state index in [2.05, 4.69) is 6.58 Å². The Morgan fingerprint density at radius 3 is 2.29 bits per heavy atom. The van der Waals surface area contributed by atoms with Gasteiger partial charge in [-0.1, -0.05) is 20.4 Å². The molecule has 0 N–H and O–H groups in total.